The van der Waals surface area contributed by atoms with Crippen molar-refractivity contribution in [2.75, 3.05) is 5.73 Å². The summed E-state index contributed by atoms with van der Waals surface area (Å²) in [6, 6.07) is 8.80. The minimum absolute atomic E-state index is 0.0161. The van der Waals surface area contributed by atoms with E-state index in [1.165, 1.54) is 12.1 Å². The number of allylic oxidation sites excluding steroid dienone is 1. The maximum Gasteiger partial charge on any atom is 0.166 e. The molecular weight excluding hydrogens is 419 g/mol. The third kappa shape index (κ3) is 4.06. The molecule has 1 aromatic carbocycles. The first-order valence-electron chi connectivity index (χ1n) is 11.4. The third-order valence-electron chi connectivity index (χ3n) is 6.71. The molecule has 2 aliphatic heterocycles. The van der Waals surface area contributed by atoms with Crippen LogP contribution in [-0.4, -0.2) is 22.8 Å². The van der Waals surface area contributed by atoms with Gasteiger partial charge in [-0.25, -0.2) is 9.37 Å². The van der Waals surface area contributed by atoms with E-state index < -0.39 is 6.10 Å². The van der Waals surface area contributed by atoms with Gasteiger partial charge in [0.25, 0.3) is 0 Å². The molecule has 2 N–H and O–H groups in total. The Balaban J connectivity index is 1.65. The van der Waals surface area contributed by atoms with Crippen LogP contribution in [0.1, 0.15) is 57.3 Å². The first kappa shape index (κ1) is 21.4. The van der Waals surface area contributed by atoms with Gasteiger partial charge in [-0.1, -0.05) is 13.8 Å². The molecule has 3 aliphatic rings. The molecular formula is C26H27FN4O2. The maximum absolute atomic E-state index is 14.1. The van der Waals surface area contributed by atoms with E-state index >= 15 is 0 Å². The van der Waals surface area contributed by atoms with Crippen LogP contribution in [0, 0.1) is 29.0 Å². The third-order valence-corrected chi connectivity index (χ3v) is 6.71. The standard InChI is InChI=1S/C26H27FN4O2/c1-13(2)20-7-16(11-28)25-17-9-24(26(29)30-12-17)32-14(3)19-10-18(27)4-5-22(19)33-23-8-15(23)6-21(25)31-20/h4-5,9-10,12-15,20,23H,6-8H2,1-3H3,(H2,29,30). The Hall–Kier alpha value is -3.40. The van der Waals surface area contributed by atoms with Crippen molar-refractivity contribution in [3.63, 3.8) is 0 Å². The number of rotatable bonds is 1. The molecule has 1 fully saturated rings. The van der Waals surface area contributed by atoms with Gasteiger partial charge in [0.05, 0.1) is 12.1 Å². The SMILES string of the molecule is CC1Oc2cc(cnc2N)C2=C(C#N)CC(C(C)C)N=C2CC2CC2Oc2ccc(F)cc21. The largest absolute Gasteiger partial charge is 0.490 e. The van der Waals surface area contributed by atoms with Gasteiger partial charge >= 0.3 is 0 Å². The van der Waals surface area contributed by atoms with Crippen molar-refractivity contribution in [2.45, 2.75) is 58.3 Å². The predicted molar refractivity (Wildman–Crippen MR) is 124 cm³/mol. The molecule has 170 valence electrons. The summed E-state index contributed by atoms with van der Waals surface area (Å²) in [7, 11) is 0. The molecule has 1 aromatic heterocycles. The van der Waals surface area contributed by atoms with Gasteiger partial charge in [-0.15, -0.1) is 0 Å². The highest BCUT2D eigenvalue weighted by Crippen LogP contribution is 2.44. The summed E-state index contributed by atoms with van der Waals surface area (Å²) in [4.78, 5) is 9.43. The summed E-state index contributed by atoms with van der Waals surface area (Å²) in [6.45, 7) is 6.09. The van der Waals surface area contributed by atoms with Gasteiger partial charge in [-0.2, -0.15) is 5.26 Å². The van der Waals surface area contributed by atoms with Gasteiger partial charge in [-0.05, 0) is 49.9 Å². The van der Waals surface area contributed by atoms with Gasteiger partial charge in [0.15, 0.2) is 11.6 Å². The summed E-state index contributed by atoms with van der Waals surface area (Å²) in [6.07, 6.45) is 3.38. The van der Waals surface area contributed by atoms with Gasteiger partial charge < -0.3 is 15.2 Å². The number of nitrogen functional groups attached to an aromatic ring is 1. The number of fused-ring (bicyclic) bond motifs is 6. The number of dihydropyridines is 1. The van der Waals surface area contributed by atoms with E-state index in [9.17, 15) is 9.65 Å². The number of nitrogens with zero attached hydrogens (tertiary/aromatic N) is 3. The fourth-order valence-corrected chi connectivity index (χ4v) is 4.65. The Kier molecular flexibility index (Phi) is 5.32. The van der Waals surface area contributed by atoms with E-state index in [4.69, 9.17) is 20.2 Å². The lowest BCUT2D eigenvalue weighted by molar-refractivity contribution is 0.212. The van der Waals surface area contributed by atoms with E-state index in [0.29, 0.717) is 41.4 Å². The van der Waals surface area contributed by atoms with Crippen LogP contribution in [0.2, 0.25) is 0 Å². The fraction of sp³-hybridized carbons (Fsp3) is 0.423. The summed E-state index contributed by atoms with van der Waals surface area (Å²) in [5, 5.41) is 10.0. The van der Waals surface area contributed by atoms with Crippen molar-refractivity contribution < 1.29 is 13.9 Å². The molecule has 3 heterocycles. The van der Waals surface area contributed by atoms with Gasteiger partial charge in [-0.3, -0.25) is 4.99 Å². The zero-order valence-electron chi connectivity index (χ0n) is 19.0. The van der Waals surface area contributed by atoms with Crippen LogP contribution in [0.25, 0.3) is 5.57 Å². The molecule has 0 spiro atoms. The Morgan fingerprint density at radius 2 is 2.00 bits per heavy atom. The van der Waals surface area contributed by atoms with Gasteiger partial charge in [0.1, 0.15) is 23.8 Å². The fourth-order valence-electron chi connectivity index (χ4n) is 4.65. The molecule has 0 radical (unpaired) electrons. The molecule has 1 aliphatic carbocycles. The lowest BCUT2D eigenvalue weighted by atomic mass is 9.85. The van der Waals surface area contributed by atoms with Crippen molar-refractivity contribution in [2.24, 2.45) is 16.8 Å². The second-order valence-corrected chi connectivity index (χ2v) is 9.46. The number of anilines is 1. The lowest BCUT2D eigenvalue weighted by Crippen LogP contribution is -2.24. The maximum atomic E-state index is 14.1. The number of nitriles is 1. The number of hydrogen-bond acceptors (Lipinski definition) is 6. The topological polar surface area (TPSA) is 93.5 Å². The second-order valence-electron chi connectivity index (χ2n) is 9.46. The van der Waals surface area contributed by atoms with Crippen molar-refractivity contribution in [1.82, 2.24) is 4.98 Å². The first-order chi connectivity index (χ1) is 15.8. The molecule has 4 atom stereocenters. The second kappa shape index (κ2) is 8.18. The average molecular weight is 447 g/mol. The van der Waals surface area contributed by atoms with E-state index in [0.717, 1.165) is 23.3 Å². The highest BCUT2D eigenvalue weighted by atomic mass is 19.1. The highest BCUT2D eigenvalue weighted by Gasteiger charge is 2.42. The molecule has 7 heteroatoms. The summed E-state index contributed by atoms with van der Waals surface area (Å²) >= 11 is 0. The van der Waals surface area contributed by atoms with Crippen LogP contribution in [-0.2, 0) is 0 Å². The molecule has 4 unspecified atom stereocenters. The first-order valence-corrected chi connectivity index (χ1v) is 11.4. The Bertz CT molecular complexity index is 1210. The average Bonchev–Trinajstić information content (AvgIpc) is 3.52. The molecule has 5 rings (SSSR count). The summed E-state index contributed by atoms with van der Waals surface area (Å²) < 4.78 is 26.5. The van der Waals surface area contributed by atoms with Crippen LogP contribution >= 0.6 is 0 Å². The van der Waals surface area contributed by atoms with Crippen molar-refractivity contribution in [3.8, 4) is 17.6 Å². The zero-order valence-corrected chi connectivity index (χ0v) is 19.0. The predicted octanol–water partition coefficient (Wildman–Crippen LogP) is 5.26. The number of nitrogens with two attached hydrogens (primary N) is 1. The minimum atomic E-state index is -0.512. The molecule has 2 bridgehead atoms. The van der Waals surface area contributed by atoms with E-state index in [-0.39, 0.29) is 29.7 Å². The quantitative estimate of drug-likeness (QED) is 0.645. The van der Waals surface area contributed by atoms with E-state index in [2.05, 4.69) is 24.9 Å². The molecule has 2 aromatic rings. The van der Waals surface area contributed by atoms with Gasteiger partial charge in [0, 0.05) is 46.5 Å². The van der Waals surface area contributed by atoms with E-state index in [1.54, 1.807) is 12.3 Å². The zero-order chi connectivity index (χ0) is 23.3. The Labute approximate surface area is 192 Å². The minimum Gasteiger partial charge on any atom is -0.490 e. The Morgan fingerprint density at radius 3 is 2.76 bits per heavy atom. The summed E-state index contributed by atoms with van der Waals surface area (Å²) in [5.41, 5.74) is 9.97. The number of pyridine rings is 1. The van der Waals surface area contributed by atoms with Crippen LogP contribution in [0.5, 0.6) is 11.5 Å². The van der Waals surface area contributed by atoms with Crippen molar-refractivity contribution >= 4 is 17.1 Å². The van der Waals surface area contributed by atoms with Crippen LogP contribution < -0.4 is 15.2 Å². The van der Waals surface area contributed by atoms with Crippen molar-refractivity contribution in [3.05, 3.63) is 53.0 Å². The number of aromatic nitrogens is 1. The lowest BCUT2D eigenvalue weighted by Gasteiger charge is -2.26. The van der Waals surface area contributed by atoms with Crippen LogP contribution in [0.15, 0.2) is 41.0 Å². The smallest absolute Gasteiger partial charge is 0.166 e. The monoisotopic (exact) mass is 446 g/mol. The number of halogens is 1. The molecule has 33 heavy (non-hydrogen) atoms. The molecule has 0 saturated heterocycles. The number of benzene rings is 1. The summed E-state index contributed by atoms with van der Waals surface area (Å²) in [5.74, 6) is 1.47. The molecule has 0 amide bonds. The van der Waals surface area contributed by atoms with Crippen LogP contribution in [0.3, 0.4) is 0 Å². The molecule has 6 nitrogen and oxygen atoms in total. The number of hydrogen-bond donors (Lipinski definition) is 1. The van der Waals surface area contributed by atoms with Crippen molar-refractivity contribution in [1.29, 1.82) is 5.26 Å². The number of aliphatic imine (C=N–C) groups is 1. The van der Waals surface area contributed by atoms with Gasteiger partial charge in [0.2, 0.25) is 0 Å². The Morgan fingerprint density at radius 1 is 1.18 bits per heavy atom. The highest BCUT2D eigenvalue weighted by molar-refractivity contribution is 6.26. The van der Waals surface area contributed by atoms with E-state index in [1.807, 2.05) is 13.0 Å². The normalized spacial score (nSPS) is 26.1. The van der Waals surface area contributed by atoms with Crippen LogP contribution in [0.4, 0.5) is 10.2 Å². The molecule has 1 saturated carbocycles. The number of ether oxygens (including phenoxy) is 2.